The first-order chi connectivity index (χ1) is 15.8. The molecule has 1 aromatic heterocycles. The highest BCUT2D eigenvalue weighted by molar-refractivity contribution is 5.89. The van der Waals surface area contributed by atoms with Crippen LogP contribution in [0.1, 0.15) is 66.2 Å². The third kappa shape index (κ3) is 7.48. The van der Waals surface area contributed by atoms with E-state index in [9.17, 15) is 14.9 Å². The molecule has 0 saturated heterocycles. The number of hydrogen-bond acceptors (Lipinski definition) is 5. The van der Waals surface area contributed by atoms with Crippen LogP contribution in [0.15, 0.2) is 46.3 Å². The molecule has 0 amide bonds. The first-order valence-electron chi connectivity index (χ1n) is 11.6. The van der Waals surface area contributed by atoms with Gasteiger partial charge in [0.05, 0.1) is 17.0 Å². The summed E-state index contributed by atoms with van der Waals surface area (Å²) in [7, 11) is 1.59. The predicted octanol–water partition coefficient (Wildman–Crippen LogP) is 6.48. The van der Waals surface area contributed by atoms with Crippen molar-refractivity contribution in [3.63, 3.8) is 0 Å². The molecule has 2 rings (SSSR count). The lowest BCUT2D eigenvalue weighted by Gasteiger charge is -2.16. The van der Waals surface area contributed by atoms with Crippen LogP contribution in [0.25, 0.3) is 10.9 Å². The van der Waals surface area contributed by atoms with Crippen molar-refractivity contribution < 1.29 is 14.4 Å². The summed E-state index contributed by atoms with van der Waals surface area (Å²) in [5.41, 5.74) is 2.48. The van der Waals surface area contributed by atoms with Crippen LogP contribution in [-0.2, 0) is 7.05 Å². The Morgan fingerprint density at radius 2 is 1.85 bits per heavy atom. The van der Waals surface area contributed by atoms with Crippen molar-refractivity contribution >= 4 is 16.6 Å². The van der Waals surface area contributed by atoms with Gasteiger partial charge in [0.25, 0.3) is 11.2 Å². The molecule has 0 fully saturated rings. The number of allylic oxidation sites excluding steroid dienone is 3. The van der Waals surface area contributed by atoms with Gasteiger partial charge < -0.3 is 14.0 Å². The van der Waals surface area contributed by atoms with Crippen LogP contribution in [0.2, 0.25) is 0 Å². The van der Waals surface area contributed by atoms with E-state index >= 15 is 0 Å². The number of benzene rings is 1. The number of nitro benzene ring substituents is 1. The number of fused-ring (bicyclic) bond motifs is 1. The topological polar surface area (TPSA) is 83.6 Å². The summed E-state index contributed by atoms with van der Waals surface area (Å²) in [5.74, 6) is 0.498. The maximum atomic E-state index is 13.1. The number of non-ortho nitro benzene ring substituents is 1. The van der Waals surface area contributed by atoms with Gasteiger partial charge >= 0.3 is 0 Å². The molecule has 7 heteroatoms. The monoisotopic (exact) mass is 456 g/mol. The normalized spacial score (nSPS) is 11.5. The number of aryl methyl sites for hydroxylation is 1. The first kappa shape index (κ1) is 26.2. The van der Waals surface area contributed by atoms with Gasteiger partial charge in [0.1, 0.15) is 6.61 Å². The smallest absolute Gasteiger partial charge is 0.297 e. The van der Waals surface area contributed by atoms with Gasteiger partial charge in [-0.15, -0.1) is 0 Å². The van der Waals surface area contributed by atoms with Crippen LogP contribution in [0.3, 0.4) is 0 Å². The van der Waals surface area contributed by atoms with Crippen LogP contribution in [0.5, 0.6) is 11.5 Å². The van der Waals surface area contributed by atoms with Crippen LogP contribution >= 0.6 is 0 Å². The standard InChI is InChI=1S/C26H36N2O5/c1-6-7-8-9-16-32-25-24(33-17-15-20(4)12-10-11-19(2)3)22-14-13-21(28(30)31)18-23(22)27(5)26(25)29/h11,13-15,18H,6-10,12,16-17H2,1-5H3. The van der Waals surface area contributed by atoms with Crippen LogP contribution < -0.4 is 15.0 Å². The molecule has 0 radical (unpaired) electrons. The molecule has 0 atom stereocenters. The van der Waals surface area contributed by atoms with E-state index in [1.165, 1.54) is 27.8 Å². The minimum atomic E-state index is -0.471. The third-order valence-electron chi connectivity index (χ3n) is 5.50. The molecular formula is C26H36N2O5. The lowest BCUT2D eigenvalue weighted by molar-refractivity contribution is -0.384. The molecule has 0 bridgehead atoms. The van der Waals surface area contributed by atoms with Gasteiger partial charge in [-0.25, -0.2) is 0 Å². The second-order valence-electron chi connectivity index (χ2n) is 8.57. The summed E-state index contributed by atoms with van der Waals surface area (Å²) >= 11 is 0. The van der Waals surface area contributed by atoms with Crippen LogP contribution in [0, 0.1) is 10.1 Å². The molecule has 0 aliphatic carbocycles. The quantitative estimate of drug-likeness (QED) is 0.149. The molecule has 7 nitrogen and oxygen atoms in total. The van der Waals surface area contributed by atoms with Gasteiger partial charge in [-0.3, -0.25) is 14.9 Å². The predicted molar refractivity (Wildman–Crippen MR) is 133 cm³/mol. The molecule has 2 aromatic rings. The average molecular weight is 457 g/mol. The lowest BCUT2D eigenvalue weighted by Crippen LogP contribution is -2.21. The third-order valence-corrected chi connectivity index (χ3v) is 5.50. The van der Waals surface area contributed by atoms with E-state index < -0.39 is 4.92 Å². The fourth-order valence-corrected chi connectivity index (χ4v) is 3.52. The van der Waals surface area contributed by atoms with E-state index in [0.717, 1.165) is 38.5 Å². The molecular weight excluding hydrogens is 420 g/mol. The van der Waals surface area contributed by atoms with E-state index in [1.807, 2.05) is 6.08 Å². The number of rotatable bonds is 13. The summed E-state index contributed by atoms with van der Waals surface area (Å²) in [6.07, 6.45) is 10.2. The van der Waals surface area contributed by atoms with Crippen LogP contribution in [0.4, 0.5) is 5.69 Å². The van der Waals surface area contributed by atoms with Gasteiger partial charge in [0, 0.05) is 24.6 Å². The summed E-state index contributed by atoms with van der Waals surface area (Å²) < 4.78 is 13.4. The van der Waals surface area contributed by atoms with Gasteiger partial charge in [0.2, 0.25) is 5.75 Å². The molecule has 33 heavy (non-hydrogen) atoms. The molecule has 0 aliphatic rings. The summed E-state index contributed by atoms with van der Waals surface area (Å²) in [5, 5.41) is 11.9. The molecule has 0 N–H and O–H groups in total. The van der Waals surface area contributed by atoms with Crippen molar-refractivity contribution in [1.82, 2.24) is 4.57 Å². The zero-order valence-electron chi connectivity index (χ0n) is 20.5. The molecule has 0 unspecified atom stereocenters. The largest absolute Gasteiger partial charge is 0.485 e. The van der Waals surface area contributed by atoms with Crippen molar-refractivity contribution in [2.75, 3.05) is 13.2 Å². The summed E-state index contributed by atoms with van der Waals surface area (Å²) in [4.78, 5) is 23.8. The molecule has 0 saturated carbocycles. The van der Waals surface area contributed by atoms with E-state index in [0.29, 0.717) is 23.3 Å². The van der Waals surface area contributed by atoms with E-state index in [4.69, 9.17) is 9.47 Å². The zero-order valence-corrected chi connectivity index (χ0v) is 20.5. The fourth-order valence-electron chi connectivity index (χ4n) is 3.52. The van der Waals surface area contributed by atoms with E-state index in [2.05, 4.69) is 33.8 Å². The van der Waals surface area contributed by atoms with Gasteiger partial charge in [-0.05, 0) is 52.2 Å². The Kier molecular flexibility index (Phi) is 10.2. The Balaban J connectivity index is 2.36. The van der Waals surface area contributed by atoms with Gasteiger partial charge in [-0.1, -0.05) is 43.4 Å². The number of pyridine rings is 1. The maximum absolute atomic E-state index is 13.1. The highest BCUT2D eigenvalue weighted by Crippen LogP contribution is 2.34. The second-order valence-corrected chi connectivity index (χ2v) is 8.57. The van der Waals surface area contributed by atoms with Crippen molar-refractivity contribution in [2.24, 2.45) is 7.05 Å². The molecule has 180 valence electrons. The Labute approximate surface area is 195 Å². The minimum absolute atomic E-state index is 0.0771. The summed E-state index contributed by atoms with van der Waals surface area (Å²) in [6.45, 7) is 9.06. The molecule has 1 heterocycles. The Hall–Kier alpha value is -3.09. The van der Waals surface area contributed by atoms with Gasteiger partial charge in [0.15, 0.2) is 5.75 Å². The Morgan fingerprint density at radius 3 is 2.52 bits per heavy atom. The van der Waals surface area contributed by atoms with Gasteiger partial charge in [-0.2, -0.15) is 0 Å². The number of aromatic nitrogens is 1. The molecule has 0 aliphatic heterocycles. The SMILES string of the molecule is CCCCCCOc1c(OCC=C(C)CCC=C(C)C)c2ccc([N+](=O)[O-])cc2n(C)c1=O. The zero-order chi connectivity index (χ0) is 24.4. The number of nitro groups is 1. The lowest BCUT2D eigenvalue weighted by atomic mass is 10.1. The highest BCUT2D eigenvalue weighted by atomic mass is 16.6. The Bertz CT molecular complexity index is 1080. The fraction of sp³-hybridized carbons (Fsp3) is 0.500. The van der Waals surface area contributed by atoms with E-state index in [-0.39, 0.29) is 23.6 Å². The number of unbranched alkanes of at least 4 members (excludes halogenated alkanes) is 3. The highest BCUT2D eigenvalue weighted by Gasteiger charge is 2.20. The van der Waals surface area contributed by atoms with E-state index in [1.54, 1.807) is 13.1 Å². The van der Waals surface area contributed by atoms with Crippen molar-refractivity contribution in [3.05, 3.63) is 62.0 Å². The first-order valence-corrected chi connectivity index (χ1v) is 11.6. The maximum Gasteiger partial charge on any atom is 0.297 e. The average Bonchev–Trinajstić information content (AvgIpc) is 2.77. The van der Waals surface area contributed by atoms with Crippen LogP contribution in [-0.4, -0.2) is 22.7 Å². The molecule has 0 spiro atoms. The van der Waals surface area contributed by atoms with Crippen molar-refractivity contribution in [1.29, 1.82) is 0 Å². The minimum Gasteiger partial charge on any atom is -0.485 e. The van der Waals surface area contributed by atoms with Crippen molar-refractivity contribution in [2.45, 2.75) is 66.2 Å². The number of ether oxygens (including phenoxy) is 2. The Morgan fingerprint density at radius 1 is 1.09 bits per heavy atom. The second kappa shape index (κ2) is 12.8. The molecule has 1 aromatic carbocycles. The number of hydrogen-bond donors (Lipinski definition) is 0. The summed E-state index contributed by atoms with van der Waals surface area (Å²) in [6, 6.07) is 4.44. The number of nitrogens with zero attached hydrogens (tertiary/aromatic N) is 2. The van der Waals surface area contributed by atoms with Crippen molar-refractivity contribution in [3.8, 4) is 11.5 Å².